The molecule has 1 aromatic rings. The lowest BCUT2D eigenvalue weighted by molar-refractivity contribution is -0.162. The number of amides is 3. The average Bonchev–Trinajstić information content (AvgIpc) is 3.45. The molecule has 1 fully saturated rings. The lowest BCUT2D eigenvalue weighted by atomic mass is 9.80. The summed E-state index contributed by atoms with van der Waals surface area (Å²) in [5.41, 5.74) is 4.88. The number of hydrogen-bond acceptors (Lipinski definition) is 10. The molecule has 0 radical (unpaired) electrons. The lowest BCUT2D eigenvalue weighted by Gasteiger charge is -2.33. The van der Waals surface area contributed by atoms with Crippen LogP contribution in [0.25, 0.3) is 0 Å². The zero-order valence-corrected chi connectivity index (χ0v) is 32.8. The second-order valence-corrected chi connectivity index (χ2v) is 15.8. The van der Waals surface area contributed by atoms with Crippen LogP contribution in [0.1, 0.15) is 94.1 Å². The van der Waals surface area contributed by atoms with Crippen LogP contribution in [0, 0.1) is 34.5 Å². The number of primary amides is 1. The minimum atomic E-state index is -0.918. The van der Waals surface area contributed by atoms with Crippen LogP contribution in [-0.2, 0) is 39.8 Å². The van der Waals surface area contributed by atoms with Gasteiger partial charge in [-0.1, -0.05) is 40.7 Å². The quantitative estimate of drug-likeness (QED) is 0.135. The zero-order chi connectivity index (χ0) is 38.7. The molecule has 1 aromatic carbocycles. The summed E-state index contributed by atoms with van der Waals surface area (Å²) in [6, 6.07) is 5.38. The standard InChI is InChI=1S/C38H63N3O10/c1-13-32(47-12)51-31-17-25(14-15-29(31)46-11)16-26(23(2)3)18-28-30(19-27(24(4)5)33(42)40-20-38(9,10)34(39)43)48-21-41(28)36(45)50-22-49-35(44)37(6,7)8/h14-15,17,23-24,26-28,30,32H,13,16,18-22H2,1-12H3,(H2,39,43)(H,40,42)/t26-,27-,28-,30-,32?/m0/s1. The van der Waals surface area contributed by atoms with Crippen molar-refractivity contribution in [2.24, 2.45) is 40.2 Å². The summed E-state index contributed by atoms with van der Waals surface area (Å²) in [5.74, 6) is -0.323. The van der Waals surface area contributed by atoms with Crippen molar-refractivity contribution in [2.75, 3.05) is 34.3 Å². The summed E-state index contributed by atoms with van der Waals surface area (Å²) in [6.07, 6.45) is 0.578. The molecule has 51 heavy (non-hydrogen) atoms. The van der Waals surface area contributed by atoms with Gasteiger partial charge in [0.25, 0.3) is 0 Å². The van der Waals surface area contributed by atoms with Gasteiger partial charge in [0.05, 0.1) is 30.1 Å². The van der Waals surface area contributed by atoms with E-state index < -0.39 is 59.9 Å². The van der Waals surface area contributed by atoms with Crippen LogP contribution in [0.3, 0.4) is 0 Å². The van der Waals surface area contributed by atoms with E-state index in [2.05, 4.69) is 19.2 Å². The number of rotatable bonds is 19. The predicted molar refractivity (Wildman–Crippen MR) is 193 cm³/mol. The smallest absolute Gasteiger partial charge is 0.414 e. The van der Waals surface area contributed by atoms with Crippen molar-refractivity contribution in [3.8, 4) is 11.5 Å². The van der Waals surface area contributed by atoms with Gasteiger partial charge < -0.3 is 39.5 Å². The molecule has 3 N–H and O–H groups in total. The van der Waals surface area contributed by atoms with E-state index in [0.717, 1.165) is 5.56 Å². The molecule has 0 bridgehead atoms. The van der Waals surface area contributed by atoms with Crippen molar-refractivity contribution in [3.63, 3.8) is 0 Å². The highest BCUT2D eigenvalue weighted by Gasteiger charge is 2.43. The van der Waals surface area contributed by atoms with E-state index in [-0.39, 0.29) is 36.9 Å². The van der Waals surface area contributed by atoms with Crippen LogP contribution < -0.4 is 20.5 Å². The van der Waals surface area contributed by atoms with Gasteiger partial charge in [0, 0.05) is 26.0 Å². The zero-order valence-electron chi connectivity index (χ0n) is 32.8. The van der Waals surface area contributed by atoms with Gasteiger partial charge in [-0.25, -0.2) is 4.79 Å². The van der Waals surface area contributed by atoms with Gasteiger partial charge in [0.1, 0.15) is 6.73 Å². The van der Waals surface area contributed by atoms with Crippen molar-refractivity contribution in [1.82, 2.24) is 10.2 Å². The fraction of sp³-hybridized carbons (Fsp3) is 0.737. The Balaban J connectivity index is 2.39. The minimum Gasteiger partial charge on any atom is -0.493 e. The fourth-order valence-electron chi connectivity index (χ4n) is 5.75. The van der Waals surface area contributed by atoms with Crippen molar-refractivity contribution >= 4 is 23.9 Å². The highest BCUT2D eigenvalue weighted by Crippen LogP contribution is 2.36. The summed E-state index contributed by atoms with van der Waals surface area (Å²) in [5, 5.41) is 2.91. The summed E-state index contributed by atoms with van der Waals surface area (Å²) in [4.78, 5) is 52.7. The molecule has 5 atom stereocenters. The molecule has 1 aliphatic rings. The average molecular weight is 722 g/mol. The number of methoxy groups -OCH3 is 2. The van der Waals surface area contributed by atoms with Crippen molar-refractivity contribution in [2.45, 2.75) is 113 Å². The molecule has 0 aromatic heterocycles. The van der Waals surface area contributed by atoms with Crippen LogP contribution in [0.5, 0.6) is 11.5 Å². The Bertz CT molecular complexity index is 1310. The van der Waals surface area contributed by atoms with Crippen LogP contribution in [-0.4, -0.2) is 81.5 Å². The van der Waals surface area contributed by atoms with Gasteiger partial charge in [-0.15, -0.1) is 0 Å². The first-order chi connectivity index (χ1) is 23.7. The van der Waals surface area contributed by atoms with Crippen molar-refractivity contribution < 1.29 is 47.6 Å². The summed E-state index contributed by atoms with van der Waals surface area (Å²) in [6.45, 7) is 18.2. The summed E-state index contributed by atoms with van der Waals surface area (Å²) < 4.78 is 34.0. The number of nitrogens with two attached hydrogens (primary N) is 1. The maximum Gasteiger partial charge on any atom is 0.414 e. The van der Waals surface area contributed by atoms with Crippen LogP contribution >= 0.6 is 0 Å². The molecule has 13 heteroatoms. The van der Waals surface area contributed by atoms with E-state index in [0.29, 0.717) is 37.2 Å². The van der Waals surface area contributed by atoms with E-state index in [1.165, 1.54) is 4.90 Å². The van der Waals surface area contributed by atoms with Gasteiger partial charge in [-0.3, -0.25) is 19.3 Å². The first-order valence-electron chi connectivity index (χ1n) is 17.9. The molecule has 1 aliphatic heterocycles. The molecule has 1 unspecified atom stereocenters. The third kappa shape index (κ3) is 12.9. The number of carbonyl (C=O) groups excluding carboxylic acids is 4. The first kappa shape index (κ1) is 43.6. The van der Waals surface area contributed by atoms with E-state index in [4.69, 9.17) is 34.2 Å². The Kier molecular flexibility index (Phi) is 16.5. The molecular formula is C38H63N3O10. The highest BCUT2D eigenvalue weighted by molar-refractivity contribution is 5.83. The number of carbonyl (C=O) groups is 4. The monoisotopic (exact) mass is 721 g/mol. The fourth-order valence-corrected chi connectivity index (χ4v) is 5.75. The van der Waals surface area contributed by atoms with Gasteiger partial charge in [0.15, 0.2) is 17.8 Å². The lowest BCUT2D eigenvalue weighted by Crippen LogP contribution is -2.47. The SMILES string of the molecule is CCC(OC)Oc1cc(C[C@@H](C[C@H]2[C@H](C[C@H](C(=O)NCC(C)(C)C(N)=O)C(C)C)OCN2C(=O)OCOC(=O)C(C)(C)C)C(C)C)ccc1OC. The second kappa shape index (κ2) is 19.3. The number of esters is 1. The maximum absolute atomic E-state index is 13.5. The number of hydrogen-bond donors (Lipinski definition) is 2. The molecule has 3 amide bonds. The molecule has 0 saturated carbocycles. The molecule has 1 saturated heterocycles. The van der Waals surface area contributed by atoms with Gasteiger partial charge in [-0.05, 0) is 89.3 Å². The van der Waals surface area contributed by atoms with Gasteiger partial charge in [-0.2, -0.15) is 0 Å². The van der Waals surface area contributed by atoms with Gasteiger partial charge >= 0.3 is 12.1 Å². The Morgan fingerprint density at radius 3 is 2.18 bits per heavy atom. The predicted octanol–water partition coefficient (Wildman–Crippen LogP) is 5.66. The summed E-state index contributed by atoms with van der Waals surface area (Å²) >= 11 is 0. The highest BCUT2D eigenvalue weighted by atomic mass is 16.7. The van der Waals surface area contributed by atoms with E-state index >= 15 is 0 Å². The molecule has 290 valence electrons. The maximum atomic E-state index is 13.5. The normalized spacial score (nSPS) is 18.3. The molecule has 0 spiro atoms. The Hall–Kier alpha value is -3.58. The minimum absolute atomic E-state index is 0.0523. The number of nitrogens with zero attached hydrogens (tertiary/aromatic N) is 1. The number of nitrogens with one attached hydrogen (secondary N) is 1. The Morgan fingerprint density at radius 2 is 1.65 bits per heavy atom. The molecule has 2 rings (SSSR count). The van der Waals surface area contributed by atoms with E-state index in [9.17, 15) is 19.2 Å². The largest absolute Gasteiger partial charge is 0.493 e. The first-order valence-corrected chi connectivity index (χ1v) is 17.9. The van der Waals surface area contributed by atoms with Crippen LogP contribution in [0.4, 0.5) is 4.79 Å². The molecular weight excluding hydrogens is 658 g/mol. The topological polar surface area (TPSA) is 165 Å². The van der Waals surface area contributed by atoms with E-state index in [1.807, 2.05) is 39.0 Å². The van der Waals surface area contributed by atoms with Crippen LogP contribution in [0.2, 0.25) is 0 Å². The van der Waals surface area contributed by atoms with Crippen molar-refractivity contribution in [1.29, 1.82) is 0 Å². The molecule has 13 nitrogen and oxygen atoms in total. The van der Waals surface area contributed by atoms with E-state index in [1.54, 1.807) is 48.8 Å². The summed E-state index contributed by atoms with van der Waals surface area (Å²) in [7, 11) is 3.19. The Labute approximate surface area is 304 Å². The third-order valence-electron chi connectivity index (χ3n) is 9.54. The Morgan fingerprint density at radius 1 is 0.980 bits per heavy atom. The van der Waals surface area contributed by atoms with Gasteiger partial charge in [0.2, 0.25) is 18.6 Å². The second-order valence-electron chi connectivity index (χ2n) is 15.8. The molecule has 0 aliphatic carbocycles. The van der Waals surface area contributed by atoms with Crippen molar-refractivity contribution in [3.05, 3.63) is 23.8 Å². The number of benzene rings is 1. The van der Waals surface area contributed by atoms with Crippen LogP contribution in [0.15, 0.2) is 18.2 Å². The third-order valence-corrected chi connectivity index (χ3v) is 9.54. The number of ether oxygens (including phenoxy) is 6. The molecule has 1 heterocycles.